The Kier molecular flexibility index (Phi) is 9.92. The van der Waals surface area contributed by atoms with Crippen LogP contribution in [0.4, 0.5) is 0 Å². The maximum Gasteiger partial charge on any atom is 0.115 e. The van der Waals surface area contributed by atoms with Crippen LogP contribution in [0.5, 0.6) is 0 Å². The lowest BCUT2D eigenvalue weighted by Crippen LogP contribution is -2.62. The van der Waals surface area contributed by atoms with Crippen LogP contribution < -0.4 is 0 Å². The van der Waals surface area contributed by atoms with Crippen molar-refractivity contribution < 1.29 is 9.47 Å². The number of hydrogen-bond donors (Lipinski definition) is 0. The predicted octanol–water partition coefficient (Wildman–Crippen LogP) is 3.96. The monoisotopic (exact) mass is 317 g/mol. The first-order chi connectivity index (χ1) is 9.31. The fourth-order valence-corrected chi connectivity index (χ4v) is 12.0. The van der Waals surface area contributed by atoms with Gasteiger partial charge in [0.2, 0.25) is 0 Å². The van der Waals surface area contributed by atoms with Gasteiger partial charge in [-0.15, -0.1) is 6.58 Å². The first kappa shape index (κ1) is 20.1. The van der Waals surface area contributed by atoms with Gasteiger partial charge in [-0.2, -0.15) is 0 Å². The Balaban J connectivity index is 4.23. The van der Waals surface area contributed by atoms with Gasteiger partial charge < -0.3 is 13.7 Å². The average Bonchev–Trinajstić information content (AvgIpc) is 2.41. The molecular weight excluding hydrogens is 282 g/mol. The minimum Gasteiger partial charge on any atom is -0.378 e. The summed E-state index contributed by atoms with van der Waals surface area (Å²) < 4.78 is 13.9. The van der Waals surface area contributed by atoms with E-state index in [1.165, 1.54) is 12.1 Å². The van der Waals surface area contributed by atoms with Crippen molar-refractivity contribution in [3.8, 4) is 0 Å². The van der Waals surface area contributed by atoms with Crippen LogP contribution >= 0.6 is 0 Å². The molecule has 0 aliphatic rings. The summed E-state index contributed by atoms with van der Waals surface area (Å²) in [5.74, 6) is 0. The Bertz CT molecular complexity index is 255. The topological polar surface area (TPSA) is 21.7 Å². The Morgan fingerprint density at radius 3 is 1.85 bits per heavy atom. The Morgan fingerprint density at radius 1 is 0.900 bits per heavy atom. The molecule has 0 rings (SSSR count). The molecule has 0 fully saturated rings. The molecule has 0 bridgehead atoms. The molecule has 0 aromatic carbocycles. The van der Waals surface area contributed by atoms with Gasteiger partial charge in [0.15, 0.2) is 0 Å². The van der Waals surface area contributed by atoms with Gasteiger partial charge in [0.05, 0.1) is 26.4 Å². The Morgan fingerprint density at radius 2 is 1.40 bits per heavy atom. The SMILES string of the molecule is C=CCOCCOCCN([Si](C)(C)CC)[Si](C)(C)CC. The van der Waals surface area contributed by atoms with E-state index in [2.05, 4.69) is 50.8 Å². The lowest BCUT2D eigenvalue weighted by Gasteiger charge is -2.46. The predicted molar refractivity (Wildman–Crippen MR) is 94.5 cm³/mol. The highest BCUT2D eigenvalue weighted by Gasteiger charge is 2.37. The largest absolute Gasteiger partial charge is 0.378 e. The van der Waals surface area contributed by atoms with Crippen molar-refractivity contribution in [1.82, 2.24) is 4.23 Å². The van der Waals surface area contributed by atoms with E-state index in [-0.39, 0.29) is 0 Å². The molecule has 0 radical (unpaired) electrons. The van der Waals surface area contributed by atoms with E-state index >= 15 is 0 Å². The van der Waals surface area contributed by atoms with E-state index in [1.807, 2.05) is 0 Å². The molecule has 0 aliphatic carbocycles. The fourth-order valence-electron chi connectivity index (χ4n) is 2.35. The zero-order valence-electron chi connectivity index (χ0n) is 14.5. The van der Waals surface area contributed by atoms with Gasteiger partial charge in [0.25, 0.3) is 0 Å². The summed E-state index contributed by atoms with van der Waals surface area (Å²) in [7, 11) is -2.55. The van der Waals surface area contributed by atoms with Gasteiger partial charge in [-0.3, -0.25) is 0 Å². The van der Waals surface area contributed by atoms with Crippen molar-refractivity contribution in [2.75, 3.05) is 33.0 Å². The van der Waals surface area contributed by atoms with Crippen molar-refractivity contribution >= 4 is 16.5 Å². The van der Waals surface area contributed by atoms with Gasteiger partial charge in [0, 0.05) is 6.54 Å². The summed E-state index contributed by atoms with van der Waals surface area (Å²) in [6, 6.07) is 2.62. The average molecular weight is 318 g/mol. The quantitative estimate of drug-likeness (QED) is 0.309. The van der Waals surface area contributed by atoms with Gasteiger partial charge in [-0.1, -0.05) is 46.1 Å². The van der Waals surface area contributed by atoms with Crippen LogP contribution in [0, 0.1) is 0 Å². The van der Waals surface area contributed by atoms with Crippen molar-refractivity contribution in [3.05, 3.63) is 12.7 Å². The third kappa shape index (κ3) is 7.17. The molecule has 0 heterocycles. The minimum atomic E-state index is -1.27. The van der Waals surface area contributed by atoms with E-state index in [0.29, 0.717) is 19.8 Å². The molecular formula is C15H35NO2Si2. The summed E-state index contributed by atoms with van der Waals surface area (Å²) in [4.78, 5) is 0. The maximum atomic E-state index is 5.73. The van der Waals surface area contributed by atoms with Crippen LogP contribution in [0.15, 0.2) is 12.7 Å². The van der Waals surface area contributed by atoms with E-state index in [9.17, 15) is 0 Å². The Hall–Kier alpha value is 0.0538. The van der Waals surface area contributed by atoms with Crippen LogP contribution in [-0.2, 0) is 9.47 Å². The van der Waals surface area contributed by atoms with Crippen molar-refractivity contribution in [3.63, 3.8) is 0 Å². The van der Waals surface area contributed by atoms with E-state index in [4.69, 9.17) is 9.47 Å². The molecule has 0 unspecified atom stereocenters. The highest BCUT2D eigenvalue weighted by Crippen LogP contribution is 2.25. The van der Waals surface area contributed by atoms with E-state index in [1.54, 1.807) is 6.08 Å². The molecule has 0 N–H and O–H groups in total. The highest BCUT2D eigenvalue weighted by atomic mass is 28.4. The molecule has 20 heavy (non-hydrogen) atoms. The molecule has 120 valence electrons. The van der Waals surface area contributed by atoms with E-state index in [0.717, 1.165) is 13.2 Å². The third-order valence-electron chi connectivity index (χ3n) is 4.26. The molecule has 0 saturated heterocycles. The van der Waals surface area contributed by atoms with Crippen LogP contribution in [0.25, 0.3) is 0 Å². The van der Waals surface area contributed by atoms with Gasteiger partial charge in [-0.25, -0.2) is 0 Å². The molecule has 0 spiro atoms. The van der Waals surface area contributed by atoms with E-state index < -0.39 is 16.5 Å². The summed E-state index contributed by atoms with van der Waals surface area (Å²) >= 11 is 0. The number of hydrogen-bond acceptors (Lipinski definition) is 3. The van der Waals surface area contributed by atoms with Crippen molar-refractivity contribution in [2.24, 2.45) is 0 Å². The van der Waals surface area contributed by atoms with Crippen LogP contribution in [0.3, 0.4) is 0 Å². The van der Waals surface area contributed by atoms with Gasteiger partial charge in [-0.05, 0) is 12.1 Å². The number of rotatable bonds is 12. The van der Waals surface area contributed by atoms with Crippen LogP contribution in [-0.4, -0.2) is 53.7 Å². The second-order valence-corrected chi connectivity index (χ2v) is 16.7. The summed E-state index contributed by atoms with van der Waals surface area (Å²) in [5.41, 5.74) is 0. The van der Waals surface area contributed by atoms with Crippen LogP contribution in [0.1, 0.15) is 13.8 Å². The first-order valence-electron chi connectivity index (χ1n) is 7.86. The summed E-state index contributed by atoms with van der Waals surface area (Å²) in [5, 5.41) is 0. The first-order valence-corrected chi connectivity index (χ1v) is 14.2. The zero-order valence-corrected chi connectivity index (χ0v) is 16.5. The molecule has 3 nitrogen and oxygen atoms in total. The number of nitrogens with zero attached hydrogens (tertiary/aromatic N) is 1. The molecule has 0 amide bonds. The summed E-state index contributed by atoms with van der Waals surface area (Å²) in [6.07, 6.45) is 1.77. The highest BCUT2D eigenvalue weighted by molar-refractivity contribution is 6.90. The standard InChI is InChI=1S/C15H35NO2Si2/c1-8-12-17-14-15-18-13-11-16(19(4,5)9-2)20(6,7)10-3/h8H,1,9-15H2,2-7H3. The van der Waals surface area contributed by atoms with Crippen molar-refractivity contribution in [2.45, 2.75) is 52.1 Å². The molecule has 0 atom stereocenters. The zero-order chi connectivity index (χ0) is 15.6. The molecule has 0 saturated carbocycles. The lowest BCUT2D eigenvalue weighted by molar-refractivity contribution is 0.0571. The second kappa shape index (κ2) is 9.89. The lowest BCUT2D eigenvalue weighted by atomic mass is 10.6. The smallest absolute Gasteiger partial charge is 0.115 e. The van der Waals surface area contributed by atoms with Crippen LogP contribution in [0.2, 0.25) is 38.3 Å². The summed E-state index contributed by atoms with van der Waals surface area (Å²) in [6.45, 7) is 22.1. The van der Waals surface area contributed by atoms with Crippen molar-refractivity contribution in [1.29, 1.82) is 0 Å². The molecule has 0 aromatic heterocycles. The second-order valence-electron chi connectivity index (χ2n) is 6.46. The normalized spacial score (nSPS) is 12.9. The molecule has 0 aromatic rings. The maximum absolute atomic E-state index is 5.73. The molecule has 5 heteroatoms. The third-order valence-corrected chi connectivity index (χ3v) is 14.7. The Labute approximate surface area is 128 Å². The van der Waals surface area contributed by atoms with Gasteiger partial charge in [0.1, 0.15) is 16.5 Å². The fraction of sp³-hybridized carbons (Fsp3) is 0.867. The number of ether oxygens (including phenoxy) is 2. The van der Waals surface area contributed by atoms with Gasteiger partial charge >= 0.3 is 0 Å². The minimum absolute atomic E-state index is 0.612. The molecule has 0 aliphatic heterocycles.